The van der Waals surface area contributed by atoms with Gasteiger partial charge in [0.15, 0.2) is 0 Å². The van der Waals surface area contributed by atoms with Crippen molar-refractivity contribution in [2.45, 2.75) is 64.0 Å². The Morgan fingerprint density at radius 1 is 1.36 bits per heavy atom. The van der Waals surface area contributed by atoms with Crippen LogP contribution in [0.4, 0.5) is 0 Å². The number of hydrogen-bond donors (Lipinski definition) is 1. The topological polar surface area (TPSA) is 51.2 Å². The van der Waals surface area contributed by atoms with Crippen LogP contribution in [0.5, 0.6) is 0 Å². The molecule has 22 heavy (non-hydrogen) atoms. The van der Waals surface area contributed by atoms with E-state index in [2.05, 4.69) is 17.2 Å². The number of rotatable bonds is 6. The quantitative estimate of drug-likeness (QED) is 0.879. The van der Waals surface area contributed by atoms with E-state index >= 15 is 0 Å². The van der Waals surface area contributed by atoms with Crippen molar-refractivity contribution in [3.8, 4) is 0 Å². The molecule has 4 heteroatoms. The Labute approximate surface area is 132 Å². The molecule has 0 bridgehead atoms. The zero-order valence-corrected chi connectivity index (χ0v) is 13.4. The van der Waals surface area contributed by atoms with Gasteiger partial charge in [0.2, 0.25) is 5.91 Å². The van der Waals surface area contributed by atoms with E-state index in [4.69, 9.17) is 4.74 Å². The fourth-order valence-corrected chi connectivity index (χ4v) is 4.16. The fourth-order valence-electron chi connectivity index (χ4n) is 4.16. The van der Waals surface area contributed by atoms with Gasteiger partial charge in [-0.15, -0.1) is 0 Å². The van der Waals surface area contributed by atoms with Crippen molar-refractivity contribution in [2.75, 3.05) is 6.61 Å². The highest BCUT2D eigenvalue weighted by Gasteiger charge is 2.57. The highest BCUT2D eigenvalue weighted by atomic mass is 16.5. The van der Waals surface area contributed by atoms with E-state index in [1.54, 1.807) is 12.4 Å². The highest BCUT2D eigenvalue weighted by Crippen LogP contribution is 2.54. The number of pyridine rings is 1. The van der Waals surface area contributed by atoms with Gasteiger partial charge in [0.1, 0.15) is 0 Å². The van der Waals surface area contributed by atoms with Crippen LogP contribution in [-0.2, 0) is 16.0 Å². The molecular weight excluding hydrogens is 276 g/mol. The maximum absolute atomic E-state index is 12.3. The molecule has 1 N–H and O–H groups in total. The number of ether oxygens (including phenoxy) is 1. The molecule has 1 spiro atoms. The second-order valence-corrected chi connectivity index (χ2v) is 6.60. The zero-order valence-electron chi connectivity index (χ0n) is 13.4. The number of carbonyl (C=O) groups excluding carboxylic acids is 1. The summed E-state index contributed by atoms with van der Waals surface area (Å²) < 4.78 is 5.90. The van der Waals surface area contributed by atoms with Gasteiger partial charge < -0.3 is 10.1 Å². The molecule has 2 fully saturated rings. The third-order valence-electron chi connectivity index (χ3n) is 5.41. The van der Waals surface area contributed by atoms with Crippen molar-refractivity contribution in [3.05, 3.63) is 30.1 Å². The Bertz CT molecular complexity index is 497. The molecule has 4 nitrogen and oxygen atoms in total. The summed E-state index contributed by atoms with van der Waals surface area (Å²) in [6, 6.07) is 4.26. The van der Waals surface area contributed by atoms with Crippen molar-refractivity contribution in [3.63, 3.8) is 0 Å². The van der Waals surface area contributed by atoms with Crippen LogP contribution in [0.1, 0.15) is 51.0 Å². The summed E-state index contributed by atoms with van der Waals surface area (Å²) in [5, 5.41) is 3.27. The molecule has 2 aliphatic rings. The maximum Gasteiger partial charge on any atom is 0.220 e. The summed E-state index contributed by atoms with van der Waals surface area (Å²) in [6.45, 7) is 2.83. The molecular formula is C18H26N2O2. The van der Waals surface area contributed by atoms with Crippen molar-refractivity contribution >= 4 is 5.91 Å². The van der Waals surface area contributed by atoms with Crippen LogP contribution in [-0.4, -0.2) is 29.6 Å². The normalized spacial score (nSPS) is 25.9. The largest absolute Gasteiger partial charge is 0.378 e. The van der Waals surface area contributed by atoms with Gasteiger partial charge in [-0.2, -0.15) is 0 Å². The minimum atomic E-state index is 0.169. The van der Waals surface area contributed by atoms with E-state index in [0.717, 1.165) is 19.4 Å². The van der Waals surface area contributed by atoms with Gasteiger partial charge in [-0.3, -0.25) is 9.78 Å². The lowest BCUT2D eigenvalue weighted by atomic mass is 9.60. The van der Waals surface area contributed by atoms with Crippen LogP contribution >= 0.6 is 0 Å². The minimum Gasteiger partial charge on any atom is -0.378 e. The molecule has 0 unspecified atom stereocenters. The van der Waals surface area contributed by atoms with Gasteiger partial charge >= 0.3 is 0 Å². The van der Waals surface area contributed by atoms with Crippen LogP contribution in [0.15, 0.2) is 24.5 Å². The Morgan fingerprint density at radius 3 is 2.77 bits per heavy atom. The van der Waals surface area contributed by atoms with Crippen LogP contribution in [0.3, 0.4) is 0 Å². The van der Waals surface area contributed by atoms with Gasteiger partial charge in [0, 0.05) is 36.9 Å². The first-order valence-electron chi connectivity index (χ1n) is 8.54. The van der Waals surface area contributed by atoms with Crippen molar-refractivity contribution in [2.24, 2.45) is 5.41 Å². The average molecular weight is 302 g/mol. The Hall–Kier alpha value is -1.42. The van der Waals surface area contributed by atoms with Crippen molar-refractivity contribution < 1.29 is 9.53 Å². The molecule has 2 atom stereocenters. The minimum absolute atomic E-state index is 0.169. The standard InChI is InChI=1S/C18H26N2O2/c1-2-22-16-13-15(18(16)9-3-4-10-18)20-17(21)6-5-14-7-11-19-12-8-14/h7-8,11-12,15-16H,2-6,9-10,13H2,1H3,(H,20,21)/t15-,16+/m0/s1. The SMILES string of the molecule is CCO[C@@H]1C[C@H](NC(=O)CCc2ccncc2)C12CCCC2. The third-order valence-corrected chi connectivity index (χ3v) is 5.41. The molecule has 1 amide bonds. The number of hydrogen-bond acceptors (Lipinski definition) is 3. The van der Waals surface area contributed by atoms with Gasteiger partial charge in [0.05, 0.1) is 6.10 Å². The molecule has 1 heterocycles. The molecule has 0 saturated heterocycles. The first-order chi connectivity index (χ1) is 10.7. The smallest absolute Gasteiger partial charge is 0.220 e. The summed E-state index contributed by atoms with van der Waals surface area (Å²) in [4.78, 5) is 16.3. The predicted molar refractivity (Wildman–Crippen MR) is 85.4 cm³/mol. The molecule has 1 aromatic heterocycles. The van der Waals surface area contributed by atoms with E-state index in [-0.39, 0.29) is 11.3 Å². The molecule has 1 aromatic rings. The first kappa shape index (κ1) is 15.5. The molecule has 3 rings (SSSR count). The number of amides is 1. The monoisotopic (exact) mass is 302 g/mol. The summed E-state index contributed by atoms with van der Waals surface area (Å²) in [5.74, 6) is 0.169. The Balaban J connectivity index is 1.51. The van der Waals surface area contributed by atoms with E-state index in [0.29, 0.717) is 18.6 Å². The molecule has 0 aliphatic heterocycles. The van der Waals surface area contributed by atoms with Crippen molar-refractivity contribution in [1.29, 1.82) is 0 Å². The van der Waals surface area contributed by atoms with Crippen LogP contribution in [0.2, 0.25) is 0 Å². The summed E-state index contributed by atoms with van der Waals surface area (Å²) in [7, 11) is 0. The van der Waals surface area contributed by atoms with Gasteiger partial charge in [-0.1, -0.05) is 12.8 Å². The maximum atomic E-state index is 12.3. The fraction of sp³-hybridized carbons (Fsp3) is 0.667. The Kier molecular flexibility index (Phi) is 4.77. The Morgan fingerprint density at radius 2 is 2.09 bits per heavy atom. The van der Waals surface area contributed by atoms with Gasteiger partial charge in [-0.05, 0) is 50.3 Å². The van der Waals surface area contributed by atoms with Gasteiger partial charge in [-0.25, -0.2) is 0 Å². The molecule has 0 aromatic carbocycles. The lowest BCUT2D eigenvalue weighted by molar-refractivity contribution is -0.144. The lowest BCUT2D eigenvalue weighted by Crippen LogP contribution is -2.63. The van der Waals surface area contributed by atoms with Crippen molar-refractivity contribution in [1.82, 2.24) is 10.3 Å². The number of aryl methyl sites for hydroxylation is 1. The molecule has 2 saturated carbocycles. The first-order valence-corrected chi connectivity index (χ1v) is 8.54. The number of nitrogens with zero attached hydrogens (tertiary/aromatic N) is 1. The molecule has 2 aliphatic carbocycles. The number of aromatic nitrogens is 1. The summed E-state index contributed by atoms with van der Waals surface area (Å²) in [5.41, 5.74) is 1.39. The number of carbonyl (C=O) groups is 1. The third kappa shape index (κ3) is 3.02. The lowest BCUT2D eigenvalue weighted by Gasteiger charge is -2.54. The van der Waals surface area contributed by atoms with Crippen LogP contribution in [0.25, 0.3) is 0 Å². The van der Waals surface area contributed by atoms with Gasteiger partial charge in [0.25, 0.3) is 0 Å². The van der Waals surface area contributed by atoms with E-state index in [9.17, 15) is 4.79 Å². The zero-order chi connectivity index (χ0) is 15.4. The summed E-state index contributed by atoms with van der Waals surface area (Å²) in [6.07, 6.45) is 11.2. The highest BCUT2D eigenvalue weighted by molar-refractivity contribution is 5.76. The number of nitrogens with one attached hydrogen (secondary N) is 1. The molecule has 0 radical (unpaired) electrons. The summed E-state index contributed by atoms with van der Waals surface area (Å²) >= 11 is 0. The second kappa shape index (κ2) is 6.78. The average Bonchev–Trinajstić information content (AvgIpc) is 3.06. The van der Waals surface area contributed by atoms with E-state index < -0.39 is 0 Å². The van der Waals surface area contributed by atoms with Crippen LogP contribution in [0, 0.1) is 5.41 Å². The predicted octanol–water partition coefficient (Wildman–Crippen LogP) is 2.87. The second-order valence-electron chi connectivity index (χ2n) is 6.60. The van der Waals surface area contributed by atoms with E-state index in [1.807, 2.05) is 12.1 Å². The van der Waals surface area contributed by atoms with Crippen LogP contribution < -0.4 is 5.32 Å². The molecule has 120 valence electrons. The van der Waals surface area contributed by atoms with E-state index in [1.165, 1.54) is 31.2 Å².